The zero-order valence-electron chi connectivity index (χ0n) is 8.04. The van der Waals surface area contributed by atoms with Crippen molar-refractivity contribution in [1.82, 2.24) is 20.2 Å². The lowest BCUT2D eigenvalue weighted by atomic mass is 10.4. The monoisotopic (exact) mass is 222 g/mol. The quantitative estimate of drug-likeness (QED) is 0.568. The molecule has 6 heteroatoms. The van der Waals surface area contributed by atoms with E-state index in [-0.39, 0.29) is 0 Å². The van der Waals surface area contributed by atoms with Crippen LogP contribution in [0.5, 0.6) is 0 Å². The van der Waals surface area contributed by atoms with Crippen LogP contribution in [0.25, 0.3) is 0 Å². The van der Waals surface area contributed by atoms with Gasteiger partial charge in [-0.15, -0.1) is 11.7 Å². The van der Waals surface area contributed by atoms with Crippen LogP contribution < -0.4 is 0 Å². The molecule has 0 fully saturated rings. The van der Waals surface area contributed by atoms with E-state index < -0.39 is 0 Å². The van der Waals surface area contributed by atoms with Gasteiger partial charge in [0.2, 0.25) is 5.16 Å². The first kappa shape index (κ1) is 9.97. The van der Waals surface area contributed by atoms with Crippen LogP contribution in [0.15, 0.2) is 40.6 Å². The molecule has 0 amide bonds. The molecule has 15 heavy (non-hydrogen) atoms. The fourth-order valence-corrected chi connectivity index (χ4v) is 1.69. The molecule has 0 atom stereocenters. The molecule has 0 aromatic carbocycles. The van der Waals surface area contributed by atoms with Crippen molar-refractivity contribution in [3.05, 3.63) is 36.8 Å². The van der Waals surface area contributed by atoms with Crippen molar-refractivity contribution in [3.8, 4) is 0 Å². The first-order chi connectivity index (χ1) is 7.40. The molecule has 2 rings (SSSR count). The molecule has 0 spiro atoms. The molecule has 0 aliphatic rings. The summed E-state index contributed by atoms with van der Waals surface area (Å²) in [6.45, 7) is 4.20. The summed E-state index contributed by atoms with van der Waals surface area (Å²) in [7, 11) is 0. The molecule has 0 N–H and O–H groups in total. The Morgan fingerprint density at radius 3 is 3.27 bits per heavy atom. The molecule has 0 unspecified atom stereocenters. The van der Waals surface area contributed by atoms with E-state index in [1.54, 1.807) is 22.7 Å². The van der Waals surface area contributed by atoms with Gasteiger partial charge < -0.3 is 4.42 Å². The molecule has 0 aliphatic heterocycles. The third-order valence-electron chi connectivity index (χ3n) is 1.72. The molecular formula is C9H10N4OS. The molecule has 0 radical (unpaired) electrons. The van der Waals surface area contributed by atoms with Crippen molar-refractivity contribution in [1.29, 1.82) is 0 Å². The lowest BCUT2D eigenvalue weighted by Gasteiger charge is -1.99. The minimum atomic E-state index is 0.555. The molecule has 2 aromatic rings. The Kier molecular flexibility index (Phi) is 3.18. The molecule has 0 aliphatic carbocycles. The van der Waals surface area contributed by atoms with Gasteiger partial charge in [-0.1, -0.05) is 17.8 Å². The number of furan rings is 1. The van der Waals surface area contributed by atoms with E-state index in [9.17, 15) is 0 Å². The van der Waals surface area contributed by atoms with Gasteiger partial charge in [0.05, 0.1) is 6.26 Å². The molecule has 0 saturated carbocycles. The van der Waals surface area contributed by atoms with Gasteiger partial charge in [-0.05, 0) is 22.6 Å². The van der Waals surface area contributed by atoms with Gasteiger partial charge in [0, 0.05) is 5.75 Å². The second kappa shape index (κ2) is 4.79. The normalized spacial score (nSPS) is 10.4. The Balaban J connectivity index is 2.07. The highest BCUT2D eigenvalue weighted by molar-refractivity contribution is 7.99. The standard InChI is InChI=1S/C9H10N4OS/c1-2-6-15-9-10-11-12-13(9)7-8-4-3-5-14-8/h2-5H,1,6-7H2. The van der Waals surface area contributed by atoms with E-state index in [2.05, 4.69) is 22.1 Å². The van der Waals surface area contributed by atoms with Crippen molar-refractivity contribution < 1.29 is 4.42 Å². The maximum atomic E-state index is 5.22. The molecule has 0 bridgehead atoms. The van der Waals surface area contributed by atoms with Gasteiger partial charge in [-0.25, -0.2) is 4.68 Å². The highest BCUT2D eigenvalue weighted by Crippen LogP contribution is 2.14. The van der Waals surface area contributed by atoms with Crippen LogP contribution in [0, 0.1) is 0 Å². The van der Waals surface area contributed by atoms with Gasteiger partial charge >= 0.3 is 0 Å². The van der Waals surface area contributed by atoms with Gasteiger partial charge in [0.1, 0.15) is 12.3 Å². The average molecular weight is 222 g/mol. The lowest BCUT2D eigenvalue weighted by Crippen LogP contribution is -2.02. The maximum Gasteiger partial charge on any atom is 0.210 e. The number of hydrogen-bond acceptors (Lipinski definition) is 5. The average Bonchev–Trinajstić information content (AvgIpc) is 2.87. The number of aromatic nitrogens is 4. The summed E-state index contributed by atoms with van der Waals surface area (Å²) in [6.07, 6.45) is 3.45. The first-order valence-corrected chi connectivity index (χ1v) is 5.41. The zero-order valence-corrected chi connectivity index (χ0v) is 8.85. The summed E-state index contributed by atoms with van der Waals surface area (Å²) in [6, 6.07) is 3.74. The first-order valence-electron chi connectivity index (χ1n) is 4.42. The molecule has 78 valence electrons. The fraction of sp³-hybridized carbons (Fsp3) is 0.222. The molecule has 5 nitrogen and oxygen atoms in total. The molecule has 0 saturated heterocycles. The predicted octanol–water partition coefficient (Wildman–Crippen LogP) is 1.59. The number of rotatable bonds is 5. The Morgan fingerprint density at radius 2 is 2.53 bits per heavy atom. The van der Waals surface area contributed by atoms with Crippen molar-refractivity contribution in [2.75, 3.05) is 5.75 Å². The Hall–Kier alpha value is -1.56. The predicted molar refractivity (Wildman–Crippen MR) is 56.5 cm³/mol. The van der Waals surface area contributed by atoms with E-state index in [1.165, 1.54) is 0 Å². The van der Waals surface area contributed by atoms with Crippen LogP contribution in [0.3, 0.4) is 0 Å². The molecule has 2 heterocycles. The van der Waals surface area contributed by atoms with Gasteiger partial charge in [0.25, 0.3) is 0 Å². The summed E-state index contributed by atoms with van der Waals surface area (Å²) in [4.78, 5) is 0. The second-order valence-corrected chi connectivity index (χ2v) is 3.79. The van der Waals surface area contributed by atoms with Crippen LogP contribution >= 0.6 is 11.8 Å². The van der Waals surface area contributed by atoms with Crippen LogP contribution in [-0.4, -0.2) is 26.0 Å². The van der Waals surface area contributed by atoms with E-state index in [4.69, 9.17) is 4.42 Å². The second-order valence-electron chi connectivity index (χ2n) is 2.80. The molecule has 2 aromatic heterocycles. The topological polar surface area (TPSA) is 56.7 Å². The largest absolute Gasteiger partial charge is 0.467 e. The van der Waals surface area contributed by atoms with E-state index in [0.29, 0.717) is 6.54 Å². The summed E-state index contributed by atoms with van der Waals surface area (Å²) in [5.41, 5.74) is 0. The van der Waals surface area contributed by atoms with Crippen LogP contribution in [0.2, 0.25) is 0 Å². The number of hydrogen-bond donors (Lipinski definition) is 0. The smallest absolute Gasteiger partial charge is 0.210 e. The number of tetrazole rings is 1. The Bertz CT molecular complexity index is 423. The third-order valence-corrected chi connectivity index (χ3v) is 2.67. The van der Waals surface area contributed by atoms with Crippen LogP contribution in [-0.2, 0) is 6.54 Å². The summed E-state index contributed by atoms with van der Waals surface area (Å²) < 4.78 is 6.92. The fourth-order valence-electron chi connectivity index (χ4n) is 1.08. The van der Waals surface area contributed by atoms with Crippen LogP contribution in [0.1, 0.15) is 5.76 Å². The summed E-state index contributed by atoms with van der Waals surface area (Å²) in [5, 5.41) is 12.2. The zero-order chi connectivity index (χ0) is 10.5. The van der Waals surface area contributed by atoms with Crippen molar-refractivity contribution in [2.24, 2.45) is 0 Å². The maximum absolute atomic E-state index is 5.22. The lowest BCUT2D eigenvalue weighted by molar-refractivity contribution is 0.462. The number of nitrogens with zero attached hydrogens (tertiary/aromatic N) is 4. The highest BCUT2D eigenvalue weighted by atomic mass is 32.2. The van der Waals surface area contributed by atoms with E-state index in [0.717, 1.165) is 16.7 Å². The number of thioether (sulfide) groups is 1. The SMILES string of the molecule is C=CCSc1nnnn1Cc1ccco1. The van der Waals surface area contributed by atoms with Crippen molar-refractivity contribution in [2.45, 2.75) is 11.7 Å². The minimum absolute atomic E-state index is 0.555. The van der Waals surface area contributed by atoms with Crippen molar-refractivity contribution in [3.63, 3.8) is 0 Å². The Labute approximate surface area is 91.2 Å². The van der Waals surface area contributed by atoms with Gasteiger partial charge in [0.15, 0.2) is 0 Å². The van der Waals surface area contributed by atoms with E-state index >= 15 is 0 Å². The van der Waals surface area contributed by atoms with Crippen molar-refractivity contribution >= 4 is 11.8 Å². The van der Waals surface area contributed by atoms with Crippen LogP contribution in [0.4, 0.5) is 0 Å². The molecular weight excluding hydrogens is 212 g/mol. The van der Waals surface area contributed by atoms with Gasteiger partial charge in [-0.3, -0.25) is 0 Å². The highest BCUT2D eigenvalue weighted by Gasteiger charge is 2.07. The summed E-state index contributed by atoms with van der Waals surface area (Å²) in [5.74, 6) is 1.63. The Morgan fingerprint density at radius 1 is 1.60 bits per heavy atom. The minimum Gasteiger partial charge on any atom is -0.467 e. The van der Waals surface area contributed by atoms with E-state index in [1.807, 2.05) is 18.2 Å². The van der Waals surface area contributed by atoms with Gasteiger partial charge in [-0.2, -0.15) is 0 Å². The third kappa shape index (κ3) is 2.47. The summed E-state index contributed by atoms with van der Waals surface area (Å²) >= 11 is 1.54.